The number of hydrogen-bond acceptors (Lipinski definition) is 3. The summed E-state index contributed by atoms with van der Waals surface area (Å²) in [7, 11) is 1.70. The van der Waals surface area contributed by atoms with Crippen LogP contribution in [0.1, 0.15) is 42.6 Å². The number of amides is 1. The van der Waals surface area contributed by atoms with Crippen LogP contribution < -0.4 is 4.74 Å². The van der Waals surface area contributed by atoms with Gasteiger partial charge in [0.1, 0.15) is 11.9 Å². The van der Waals surface area contributed by atoms with Gasteiger partial charge in [-0.1, -0.05) is 24.3 Å². The summed E-state index contributed by atoms with van der Waals surface area (Å²) in [6.45, 7) is 2.05. The highest BCUT2D eigenvalue weighted by atomic mass is 19.4. The van der Waals surface area contributed by atoms with Gasteiger partial charge in [0, 0.05) is 19.5 Å². The van der Waals surface area contributed by atoms with E-state index in [4.69, 9.17) is 9.47 Å². The van der Waals surface area contributed by atoms with Crippen LogP contribution >= 0.6 is 0 Å². The lowest BCUT2D eigenvalue weighted by Crippen LogP contribution is -2.38. The second-order valence-electron chi connectivity index (χ2n) is 7.07. The zero-order chi connectivity index (χ0) is 21.0. The first-order chi connectivity index (χ1) is 13.8. The molecular formula is C22H24F3NO3. The van der Waals surface area contributed by atoms with Gasteiger partial charge in [-0.25, -0.2) is 4.79 Å². The van der Waals surface area contributed by atoms with Crippen molar-refractivity contribution in [2.75, 3.05) is 13.7 Å². The van der Waals surface area contributed by atoms with Crippen molar-refractivity contribution in [1.82, 2.24) is 4.90 Å². The molecule has 0 fully saturated rings. The first-order valence-electron chi connectivity index (χ1n) is 9.61. The summed E-state index contributed by atoms with van der Waals surface area (Å²) in [4.78, 5) is 13.8. The smallest absolute Gasteiger partial charge is 0.416 e. The van der Waals surface area contributed by atoms with E-state index in [9.17, 15) is 18.0 Å². The summed E-state index contributed by atoms with van der Waals surface area (Å²) in [5.41, 5.74) is 1.39. The van der Waals surface area contributed by atoms with Crippen molar-refractivity contribution in [2.45, 2.75) is 44.5 Å². The summed E-state index contributed by atoms with van der Waals surface area (Å²) in [5, 5.41) is 0. The van der Waals surface area contributed by atoms with Gasteiger partial charge in [0.2, 0.25) is 0 Å². The molecule has 0 aliphatic heterocycles. The van der Waals surface area contributed by atoms with E-state index in [-0.39, 0.29) is 12.1 Å². The van der Waals surface area contributed by atoms with Crippen LogP contribution in [0.2, 0.25) is 0 Å². The predicted molar refractivity (Wildman–Crippen MR) is 103 cm³/mol. The van der Waals surface area contributed by atoms with Crippen molar-refractivity contribution in [3.8, 4) is 5.75 Å². The third-order valence-corrected chi connectivity index (χ3v) is 5.20. The molecule has 2 atom stereocenters. The molecule has 0 aromatic heterocycles. The van der Waals surface area contributed by atoms with Crippen LogP contribution in [0, 0.1) is 0 Å². The molecule has 0 saturated heterocycles. The number of carbonyl (C=O) groups excluding carboxylic acids is 1. The van der Waals surface area contributed by atoms with Gasteiger partial charge < -0.3 is 14.4 Å². The van der Waals surface area contributed by atoms with E-state index in [1.165, 1.54) is 12.1 Å². The molecule has 0 unspecified atom stereocenters. The average molecular weight is 407 g/mol. The van der Waals surface area contributed by atoms with Crippen LogP contribution in [-0.4, -0.2) is 30.7 Å². The van der Waals surface area contributed by atoms with E-state index in [2.05, 4.69) is 0 Å². The summed E-state index contributed by atoms with van der Waals surface area (Å²) < 4.78 is 49.7. The first-order valence-corrected chi connectivity index (χ1v) is 9.61. The number of fused-ring (bicyclic) bond motifs is 1. The lowest BCUT2D eigenvalue weighted by atomic mass is 10.0. The normalized spacial score (nSPS) is 19.1. The fraction of sp³-hybridized carbons (Fsp3) is 0.409. The number of carbonyl (C=O) groups is 1. The van der Waals surface area contributed by atoms with Gasteiger partial charge in [-0.2, -0.15) is 13.2 Å². The van der Waals surface area contributed by atoms with Crippen LogP contribution in [0.5, 0.6) is 5.75 Å². The number of hydrogen-bond donors (Lipinski definition) is 0. The highest BCUT2D eigenvalue weighted by Crippen LogP contribution is 2.36. The Morgan fingerprint density at radius 2 is 1.83 bits per heavy atom. The van der Waals surface area contributed by atoms with Crippen molar-refractivity contribution in [3.05, 3.63) is 65.2 Å². The van der Waals surface area contributed by atoms with Crippen LogP contribution in [0.4, 0.5) is 18.0 Å². The van der Waals surface area contributed by atoms with Gasteiger partial charge in [0.05, 0.1) is 12.2 Å². The van der Waals surface area contributed by atoms with Gasteiger partial charge >= 0.3 is 12.3 Å². The highest BCUT2D eigenvalue weighted by Gasteiger charge is 2.32. The van der Waals surface area contributed by atoms with Crippen LogP contribution in [0.3, 0.4) is 0 Å². The minimum atomic E-state index is -4.39. The molecule has 1 amide bonds. The molecule has 0 bridgehead atoms. The van der Waals surface area contributed by atoms with Crippen LogP contribution in [0.15, 0.2) is 48.5 Å². The lowest BCUT2D eigenvalue weighted by Gasteiger charge is -2.29. The van der Waals surface area contributed by atoms with Crippen molar-refractivity contribution >= 4 is 6.09 Å². The predicted octanol–water partition coefficient (Wildman–Crippen LogP) is 5.62. The van der Waals surface area contributed by atoms with Gasteiger partial charge in [-0.05, 0) is 55.2 Å². The molecule has 0 heterocycles. The Balaban J connectivity index is 1.84. The zero-order valence-electron chi connectivity index (χ0n) is 16.4. The Hall–Kier alpha value is -2.70. The molecule has 1 aliphatic carbocycles. The number of rotatable bonds is 4. The zero-order valence-corrected chi connectivity index (χ0v) is 16.4. The minimum absolute atomic E-state index is 0.110. The number of halogens is 3. The Morgan fingerprint density at radius 3 is 2.48 bits per heavy atom. The summed E-state index contributed by atoms with van der Waals surface area (Å²) in [5.74, 6) is 0.359. The second kappa shape index (κ2) is 8.76. The molecule has 7 heteroatoms. The average Bonchev–Trinajstić information content (AvgIpc) is 2.87. The molecular weight excluding hydrogens is 383 g/mol. The fourth-order valence-electron chi connectivity index (χ4n) is 3.61. The summed E-state index contributed by atoms with van der Waals surface area (Å²) in [6.07, 6.45) is -3.12. The van der Waals surface area contributed by atoms with Crippen molar-refractivity contribution in [3.63, 3.8) is 0 Å². The van der Waals surface area contributed by atoms with Gasteiger partial charge in [0.15, 0.2) is 0 Å². The maximum atomic E-state index is 12.8. The molecule has 4 nitrogen and oxygen atoms in total. The SMILES string of the molecule is CCOC(=O)N(C)[C@@H]1CCc2ccccc2[C@H](Oc2ccc(C(F)(F)F)cc2)C1. The van der Waals surface area contributed by atoms with E-state index in [0.29, 0.717) is 18.8 Å². The third-order valence-electron chi connectivity index (χ3n) is 5.20. The monoisotopic (exact) mass is 407 g/mol. The fourth-order valence-corrected chi connectivity index (χ4v) is 3.61. The molecule has 2 aromatic carbocycles. The number of alkyl halides is 3. The maximum absolute atomic E-state index is 12.8. The largest absolute Gasteiger partial charge is 0.486 e. The van der Waals surface area contributed by atoms with Crippen molar-refractivity contribution in [2.24, 2.45) is 0 Å². The van der Waals surface area contributed by atoms with Crippen molar-refractivity contribution in [1.29, 1.82) is 0 Å². The molecule has 0 radical (unpaired) electrons. The summed E-state index contributed by atoms with van der Waals surface area (Å²) in [6, 6.07) is 12.4. The Morgan fingerprint density at radius 1 is 1.14 bits per heavy atom. The molecule has 2 aromatic rings. The number of nitrogens with zero attached hydrogens (tertiary/aromatic N) is 1. The van der Waals surface area contributed by atoms with E-state index in [0.717, 1.165) is 36.1 Å². The maximum Gasteiger partial charge on any atom is 0.416 e. The first kappa shape index (κ1) is 21.0. The molecule has 29 heavy (non-hydrogen) atoms. The second-order valence-corrected chi connectivity index (χ2v) is 7.07. The van der Waals surface area contributed by atoms with E-state index in [1.54, 1.807) is 18.9 Å². The highest BCUT2D eigenvalue weighted by molar-refractivity contribution is 5.67. The minimum Gasteiger partial charge on any atom is -0.486 e. The molecule has 0 saturated carbocycles. The van der Waals surface area contributed by atoms with Gasteiger partial charge in [-0.15, -0.1) is 0 Å². The number of benzene rings is 2. The molecule has 0 N–H and O–H groups in total. The van der Waals surface area contributed by atoms with Gasteiger partial charge in [-0.3, -0.25) is 0 Å². The molecule has 1 aliphatic rings. The van der Waals surface area contributed by atoms with Crippen LogP contribution in [0.25, 0.3) is 0 Å². The number of ether oxygens (including phenoxy) is 2. The summed E-state index contributed by atoms with van der Waals surface area (Å²) >= 11 is 0. The van der Waals surface area contributed by atoms with E-state index in [1.807, 2.05) is 24.3 Å². The van der Waals surface area contributed by atoms with E-state index >= 15 is 0 Å². The quantitative estimate of drug-likeness (QED) is 0.618. The van der Waals surface area contributed by atoms with E-state index < -0.39 is 17.8 Å². The topological polar surface area (TPSA) is 38.8 Å². The lowest BCUT2D eigenvalue weighted by molar-refractivity contribution is -0.137. The number of aryl methyl sites for hydroxylation is 1. The Labute approximate surface area is 168 Å². The molecule has 0 spiro atoms. The Bertz CT molecular complexity index is 836. The molecule has 3 rings (SSSR count). The third kappa shape index (κ3) is 5.02. The standard InChI is InChI=1S/C22H24F3NO3/c1-3-28-21(27)26(2)17-11-8-15-6-4-5-7-19(15)20(14-17)29-18-12-9-16(10-13-18)22(23,24)25/h4-7,9-10,12-13,17,20H,3,8,11,14H2,1-2H3/t17-,20-/m1/s1. The Kier molecular flexibility index (Phi) is 6.35. The van der Waals surface area contributed by atoms with Crippen molar-refractivity contribution < 1.29 is 27.4 Å². The van der Waals surface area contributed by atoms with Crippen LogP contribution in [-0.2, 0) is 17.3 Å². The van der Waals surface area contributed by atoms with Gasteiger partial charge in [0.25, 0.3) is 0 Å². The molecule has 156 valence electrons.